The molecule has 2 N–H and O–H groups in total. The number of imidazole rings is 1. The van der Waals surface area contributed by atoms with E-state index in [0.717, 1.165) is 21.8 Å². The van der Waals surface area contributed by atoms with Crippen molar-refractivity contribution in [3.63, 3.8) is 0 Å². The highest BCUT2D eigenvalue weighted by Crippen LogP contribution is 2.47. The van der Waals surface area contributed by atoms with Crippen LogP contribution in [0.25, 0.3) is 11.3 Å². The summed E-state index contributed by atoms with van der Waals surface area (Å²) < 4.78 is 17.3. The number of alkyl halides is 1. The predicted molar refractivity (Wildman–Crippen MR) is 95.0 cm³/mol. The van der Waals surface area contributed by atoms with Crippen LogP contribution < -0.4 is 5.73 Å². The van der Waals surface area contributed by atoms with Crippen LogP contribution in [-0.2, 0) is 4.79 Å². The molecule has 1 saturated carbocycles. The molecule has 4 rings (SSSR count). The minimum Gasteiger partial charge on any atom is -0.369 e. The molecule has 2 aliphatic rings. The summed E-state index contributed by atoms with van der Waals surface area (Å²) in [6.07, 6.45) is 6.64. The predicted octanol–water partition coefficient (Wildman–Crippen LogP) is 4.27. The lowest BCUT2D eigenvalue weighted by Gasteiger charge is -2.33. The SMILES string of the molecule is NC(=O)C1CCC(F)(CCC2c3c(Cl)cccc3-c3cncn32)CC1. The Labute approximate surface area is 151 Å². The number of carbonyl (C=O) groups excluding carboxylic acids is 1. The summed E-state index contributed by atoms with van der Waals surface area (Å²) in [6.45, 7) is 0. The Kier molecular flexibility index (Phi) is 4.07. The van der Waals surface area contributed by atoms with Crippen LogP contribution in [0.3, 0.4) is 0 Å². The van der Waals surface area contributed by atoms with E-state index in [1.807, 2.05) is 24.4 Å². The molecule has 6 heteroatoms. The van der Waals surface area contributed by atoms with Crippen molar-refractivity contribution in [2.45, 2.75) is 50.2 Å². The molecule has 1 aliphatic heterocycles. The number of rotatable bonds is 4. The molecular formula is C19H21ClFN3O. The highest BCUT2D eigenvalue weighted by atomic mass is 35.5. The second-order valence-electron chi connectivity index (χ2n) is 7.27. The monoisotopic (exact) mass is 361 g/mol. The maximum absolute atomic E-state index is 15.2. The summed E-state index contributed by atoms with van der Waals surface area (Å²) in [7, 11) is 0. The zero-order valence-electron chi connectivity index (χ0n) is 13.9. The summed E-state index contributed by atoms with van der Waals surface area (Å²) in [5, 5.41) is 0.719. The Hall–Kier alpha value is -1.88. The lowest BCUT2D eigenvalue weighted by Crippen LogP contribution is -2.35. The zero-order valence-corrected chi connectivity index (χ0v) is 14.7. The topological polar surface area (TPSA) is 60.9 Å². The molecule has 132 valence electrons. The summed E-state index contributed by atoms with van der Waals surface area (Å²) in [6, 6.07) is 5.87. The number of nitrogens with zero attached hydrogens (tertiary/aromatic N) is 2. The van der Waals surface area contributed by atoms with Crippen molar-refractivity contribution in [3.8, 4) is 11.3 Å². The maximum Gasteiger partial charge on any atom is 0.220 e. The smallest absolute Gasteiger partial charge is 0.220 e. The molecule has 1 amide bonds. The molecule has 1 unspecified atom stereocenters. The standard InChI is InChI=1S/C19H21ClFN3O/c20-14-3-1-2-13-16-10-23-11-24(16)15(17(13)14)6-9-19(21)7-4-12(5-8-19)18(22)25/h1-3,10-12,15H,4-9H2,(H2,22,25). The number of hydrogen-bond donors (Lipinski definition) is 1. The van der Waals surface area contributed by atoms with E-state index in [4.69, 9.17) is 17.3 Å². The normalized spacial score (nSPS) is 27.8. The lowest BCUT2D eigenvalue weighted by molar-refractivity contribution is -0.123. The highest BCUT2D eigenvalue weighted by Gasteiger charge is 2.39. The van der Waals surface area contributed by atoms with Crippen LogP contribution in [0.15, 0.2) is 30.7 Å². The van der Waals surface area contributed by atoms with Crippen LogP contribution >= 0.6 is 11.6 Å². The van der Waals surface area contributed by atoms with E-state index in [1.165, 1.54) is 0 Å². The van der Waals surface area contributed by atoms with Gasteiger partial charge in [0, 0.05) is 22.1 Å². The fourth-order valence-electron chi connectivity index (χ4n) is 4.35. The Morgan fingerprint density at radius 2 is 2.16 bits per heavy atom. The minimum atomic E-state index is -1.23. The number of hydrogen-bond acceptors (Lipinski definition) is 2. The first-order chi connectivity index (χ1) is 12.0. The number of aromatic nitrogens is 2. The van der Waals surface area contributed by atoms with Gasteiger partial charge >= 0.3 is 0 Å². The molecule has 1 aliphatic carbocycles. The average Bonchev–Trinajstić information content (AvgIpc) is 3.16. The van der Waals surface area contributed by atoms with Crippen molar-refractivity contribution in [1.29, 1.82) is 0 Å². The van der Waals surface area contributed by atoms with Crippen LogP contribution in [0.2, 0.25) is 5.02 Å². The third kappa shape index (κ3) is 2.84. The second kappa shape index (κ2) is 6.13. The van der Waals surface area contributed by atoms with Gasteiger partial charge in [0.15, 0.2) is 0 Å². The first kappa shape index (κ1) is 16.6. The molecule has 0 saturated heterocycles. The Balaban J connectivity index is 1.52. The highest BCUT2D eigenvalue weighted by molar-refractivity contribution is 6.32. The number of benzene rings is 1. The van der Waals surface area contributed by atoms with Gasteiger partial charge in [-0.25, -0.2) is 9.37 Å². The van der Waals surface area contributed by atoms with Crippen molar-refractivity contribution < 1.29 is 9.18 Å². The molecule has 1 aromatic heterocycles. The van der Waals surface area contributed by atoms with Gasteiger partial charge in [-0.3, -0.25) is 4.79 Å². The molecule has 4 nitrogen and oxygen atoms in total. The van der Waals surface area contributed by atoms with Crippen LogP contribution in [-0.4, -0.2) is 21.1 Å². The van der Waals surface area contributed by atoms with Crippen LogP contribution in [0.4, 0.5) is 4.39 Å². The fraction of sp³-hybridized carbons (Fsp3) is 0.474. The molecule has 0 radical (unpaired) electrons. The van der Waals surface area contributed by atoms with Gasteiger partial charge in [-0.1, -0.05) is 23.7 Å². The fourth-order valence-corrected chi connectivity index (χ4v) is 4.65. The molecule has 2 aromatic rings. The quantitative estimate of drug-likeness (QED) is 0.883. The van der Waals surface area contributed by atoms with E-state index in [1.54, 1.807) is 6.33 Å². The summed E-state index contributed by atoms with van der Waals surface area (Å²) in [4.78, 5) is 15.5. The number of amides is 1. The van der Waals surface area contributed by atoms with Crippen LogP contribution in [0.5, 0.6) is 0 Å². The van der Waals surface area contributed by atoms with Gasteiger partial charge in [0.25, 0.3) is 0 Å². The third-order valence-electron chi connectivity index (χ3n) is 5.81. The third-order valence-corrected chi connectivity index (χ3v) is 6.14. The number of primary amides is 1. The first-order valence-corrected chi connectivity index (χ1v) is 9.15. The number of nitrogens with two attached hydrogens (primary N) is 1. The molecule has 2 heterocycles. The molecule has 25 heavy (non-hydrogen) atoms. The summed E-state index contributed by atoms with van der Waals surface area (Å²) >= 11 is 6.44. The number of halogens is 2. The minimum absolute atomic E-state index is 0.0164. The summed E-state index contributed by atoms with van der Waals surface area (Å²) in [5.41, 5.74) is 7.31. The molecule has 0 bridgehead atoms. The van der Waals surface area contributed by atoms with Crippen LogP contribution in [0.1, 0.15) is 50.1 Å². The van der Waals surface area contributed by atoms with Gasteiger partial charge in [-0.05, 0) is 44.6 Å². The van der Waals surface area contributed by atoms with Gasteiger partial charge < -0.3 is 10.3 Å². The van der Waals surface area contributed by atoms with Crippen molar-refractivity contribution in [3.05, 3.63) is 41.3 Å². The Morgan fingerprint density at radius 1 is 1.40 bits per heavy atom. The Morgan fingerprint density at radius 3 is 2.88 bits per heavy atom. The first-order valence-electron chi connectivity index (χ1n) is 8.77. The van der Waals surface area contributed by atoms with Gasteiger partial charge in [-0.15, -0.1) is 0 Å². The van der Waals surface area contributed by atoms with E-state index >= 15 is 4.39 Å². The van der Waals surface area contributed by atoms with E-state index in [0.29, 0.717) is 38.5 Å². The van der Waals surface area contributed by atoms with Crippen LogP contribution in [0, 0.1) is 5.92 Å². The van der Waals surface area contributed by atoms with Gasteiger partial charge in [0.1, 0.15) is 5.67 Å². The second-order valence-corrected chi connectivity index (χ2v) is 7.68. The molecule has 1 fully saturated rings. The lowest BCUT2D eigenvalue weighted by atomic mass is 9.77. The molecule has 1 atom stereocenters. The van der Waals surface area contributed by atoms with E-state index in [-0.39, 0.29) is 17.9 Å². The van der Waals surface area contributed by atoms with Crippen molar-refractivity contribution in [2.24, 2.45) is 11.7 Å². The van der Waals surface area contributed by atoms with Gasteiger partial charge in [0.2, 0.25) is 5.91 Å². The largest absolute Gasteiger partial charge is 0.369 e. The Bertz CT molecular complexity index is 811. The van der Waals surface area contributed by atoms with E-state index in [2.05, 4.69) is 9.55 Å². The molecular weight excluding hydrogens is 341 g/mol. The number of carbonyl (C=O) groups is 1. The zero-order chi connectivity index (χ0) is 17.6. The van der Waals surface area contributed by atoms with E-state index < -0.39 is 5.67 Å². The van der Waals surface area contributed by atoms with Crippen molar-refractivity contribution in [1.82, 2.24) is 9.55 Å². The van der Waals surface area contributed by atoms with Crippen molar-refractivity contribution >= 4 is 17.5 Å². The van der Waals surface area contributed by atoms with E-state index in [9.17, 15) is 4.79 Å². The molecule has 1 aromatic carbocycles. The van der Waals surface area contributed by atoms with Crippen molar-refractivity contribution in [2.75, 3.05) is 0 Å². The number of fused-ring (bicyclic) bond motifs is 3. The van der Waals surface area contributed by atoms with Gasteiger partial charge in [-0.2, -0.15) is 0 Å². The summed E-state index contributed by atoms with van der Waals surface area (Å²) in [5.74, 6) is -0.479. The average molecular weight is 362 g/mol. The molecule has 0 spiro atoms. The maximum atomic E-state index is 15.2. The van der Waals surface area contributed by atoms with Gasteiger partial charge in [0.05, 0.1) is 24.3 Å².